The second kappa shape index (κ2) is 65.4. The van der Waals surface area contributed by atoms with Gasteiger partial charge in [-0.2, -0.15) is 0 Å². The quantitative estimate of drug-likeness (QED) is 0.0261. The maximum absolute atomic E-state index is 12.9. The first kappa shape index (κ1) is 73.9. The maximum atomic E-state index is 12.9. The van der Waals surface area contributed by atoms with Gasteiger partial charge in [-0.3, -0.25) is 14.4 Å². The van der Waals surface area contributed by atoms with Gasteiger partial charge in [0.1, 0.15) is 13.2 Å². The van der Waals surface area contributed by atoms with Crippen LogP contribution in [0.25, 0.3) is 0 Å². The number of hydrogen-bond donors (Lipinski definition) is 0. The summed E-state index contributed by atoms with van der Waals surface area (Å²) in [6.07, 6.45) is 79.1. The lowest BCUT2D eigenvalue weighted by molar-refractivity contribution is -0.167. The summed E-state index contributed by atoms with van der Waals surface area (Å²) in [5, 5.41) is 0. The fourth-order valence-electron chi connectivity index (χ4n) is 10.5. The molecular weight excluding hydrogens is 937 g/mol. The van der Waals surface area contributed by atoms with Crippen LogP contribution >= 0.6 is 0 Å². The van der Waals surface area contributed by atoms with Crippen molar-refractivity contribution in [1.82, 2.24) is 0 Å². The summed E-state index contributed by atoms with van der Waals surface area (Å²) in [7, 11) is 0. The Balaban J connectivity index is 4.26. The number of rotatable bonds is 64. The van der Waals surface area contributed by atoms with E-state index in [1.807, 2.05) is 0 Å². The topological polar surface area (TPSA) is 78.9 Å². The number of allylic oxidation sites excluding steroid dienone is 4. The minimum atomic E-state index is -0.775. The van der Waals surface area contributed by atoms with Crippen molar-refractivity contribution < 1.29 is 28.6 Å². The number of esters is 3. The van der Waals surface area contributed by atoms with Gasteiger partial charge in [-0.1, -0.05) is 321 Å². The molecule has 1 unspecified atom stereocenters. The van der Waals surface area contributed by atoms with E-state index in [9.17, 15) is 14.4 Å². The Labute approximate surface area is 474 Å². The summed E-state index contributed by atoms with van der Waals surface area (Å²) in [4.78, 5) is 38.4. The highest BCUT2D eigenvalue weighted by molar-refractivity contribution is 5.71. The van der Waals surface area contributed by atoms with Crippen molar-refractivity contribution in [1.29, 1.82) is 0 Å². The number of ether oxygens (including phenoxy) is 3. The first-order valence-corrected chi connectivity index (χ1v) is 34.3. The summed E-state index contributed by atoms with van der Waals surface area (Å²) in [5.74, 6) is -0.854. The lowest BCUT2D eigenvalue weighted by atomic mass is 10.0. The van der Waals surface area contributed by atoms with E-state index in [2.05, 4.69) is 45.1 Å². The molecule has 0 rings (SSSR count). The van der Waals surface area contributed by atoms with Crippen molar-refractivity contribution in [2.45, 2.75) is 393 Å². The molecular formula is C70H132O6. The Hall–Kier alpha value is -2.11. The minimum absolute atomic E-state index is 0.0704. The number of unbranched alkanes of at least 4 members (excludes halogenated alkanes) is 49. The fraction of sp³-hybridized carbons (Fsp3) is 0.900. The SMILES string of the molecule is CCCCCCCC/C=C\CCCCCCCCCC(=O)OC(COC(=O)CCCCCCC/C=C\CCCCCCCCC)COC(=O)CCCCCCCCCCCCCCCCCCCCCCCCCCC. The Morgan fingerprint density at radius 3 is 0.658 bits per heavy atom. The predicted molar refractivity (Wildman–Crippen MR) is 330 cm³/mol. The number of hydrogen-bond acceptors (Lipinski definition) is 6. The standard InChI is InChI=1S/C70H132O6/c1-4-7-10-13-16-19-22-25-28-31-32-33-34-35-36-37-38-40-42-45-48-51-54-57-60-63-69(72)75-66-67(65-74-68(71)62-59-56-53-50-47-44-41-30-27-24-21-18-15-12-9-6-3)76-70(73)64-61-58-55-52-49-46-43-39-29-26-23-20-17-14-11-8-5-2/h26,29-30,41,67H,4-25,27-28,31-40,42-66H2,1-3H3/b29-26-,41-30-. The van der Waals surface area contributed by atoms with Crippen LogP contribution in [-0.2, 0) is 28.6 Å². The molecule has 0 fully saturated rings. The van der Waals surface area contributed by atoms with Crippen LogP contribution < -0.4 is 0 Å². The lowest BCUT2D eigenvalue weighted by Crippen LogP contribution is -2.30. The smallest absolute Gasteiger partial charge is 0.306 e. The van der Waals surface area contributed by atoms with Crippen LogP contribution in [0.2, 0.25) is 0 Å². The third-order valence-corrected chi connectivity index (χ3v) is 15.7. The van der Waals surface area contributed by atoms with Crippen LogP contribution in [0, 0.1) is 0 Å². The molecule has 0 N–H and O–H groups in total. The largest absolute Gasteiger partial charge is 0.462 e. The van der Waals surface area contributed by atoms with E-state index in [0.717, 1.165) is 64.2 Å². The molecule has 0 amide bonds. The molecule has 0 saturated heterocycles. The minimum Gasteiger partial charge on any atom is -0.462 e. The van der Waals surface area contributed by atoms with E-state index in [4.69, 9.17) is 14.2 Å². The van der Waals surface area contributed by atoms with Crippen molar-refractivity contribution >= 4 is 17.9 Å². The predicted octanol–water partition coefficient (Wildman–Crippen LogP) is 23.4. The third-order valence-electron chi connectivity index (χ3n) is 15.7. The molecule has 1 atom stereocenters. The van der Waals surface area contributed by atoms with Crippen LogP contribution in [0.1, 0.15) is 387 Å². The highest BCUT2D eigenvalue weighted by atomic mass is 16.6. The number of carbonyl (C=O) groups excluding carboxylic acids is 3. The molecule has 448 valence electrons. The molecule has 0 aliphatic carbocycles. The van der Waals surface area contributed by atoms with Crippen LogP contribution in [0.4, 0.5) is 0 Å². The first-order chi connectivity index (χ1) is 37.5. The van der Waals surface area contributed by atoms with E-state index < -0.39 is 6.10 Å². The van der Waals surface area contributed by atoms with Crippen molar-refractivity contribution in [3.05, 3.63) is 24.3 Å². The van der Waals surface area contributed by atoms with Gasteiger partial charge in [-0.25, -0.2) is 0 Å². The molecule has 0 radical (unpaired) electrons. The molecule has 0 saturated carbocycles. The van der Waals surface area contributed by atoms with Crippen molar-refractivity contribution in [2.24, 2.45) is 0 Å². The highest BCUT2D eigenvalue weighted by Gasteiger charge is 2.19. The van der Waals surface area contributed by atoms with Crippen molar-refractivity contribution in [3.8, 4) is 0 Å². The van der Waals surface area contributed by atoms with E-state index in [-0.39, 0.29) is 31.1 Å². The highest BCUT2D eigenvalue weighted by Crippen LogP contribution is 2.18. The molecule has 76 heavy (non-hydrogen) atoms. The van der Waals surface area contributed by atoms with Gasteiger partial charge in [-0.05, 0) is 70.6 Å². The van der Waals surface area contributed by atoms with Gasteiger partial charge in [0.25, 0.3) is 0 Å². The summed E-state index contributed by atoms with van der Waals surface area (Å²) >= 11 is 0. The first-order valence-electron chi connectivity index (χ1n) is 34.3. The molecule has 0 heterocycles. The monoisotopic (exact) mass is 1070 g/mol. The van der Waals surface area contributed by atoms with Crippen molar-refractivity contribution in [3.63, 3.8) is 0 Å². The zero-order valence-electron chi connectivity index (χ0n) is 51.6. The Morgan fingerprint density at radius 1 is 0.250 bits per heavy atom. The lowest BCUT2D eigenvalue weighted by Gasteiger charge is -2.18. The van der Waals surface area contributed by atoms with Gasteiger partial charge in [0.15, 0.2) is 6.10 Å². The van der Waals surface area contributed by atoms with Gasteiger partial charge in [0.2, 0.25) is 0 Å². The molecule has 0 aliphatic heterocycles. The van der Waals surface area contributed by atoms with E-state index in [0.29, 0.717) is 19.3 Å². The van der Waals surface area contributed by atoms with Crippen LogP contribution in [0.3, 0.4) is 0 Å². The molecule has 0 aliphatic rings. The van der Waals surface area contributed by atoms with E-state index in [1.165, 1.54) is 283 Å². The molecule has 0 spiro atoms. The second-order valence-corrected chi connectivity index (χ2v) is 23.4. The fourth-order valence-corrected chi connectivity index (χ4v) is 10.5. The molecule has 6 nitrogen and oxygen atoms in total. The van der Waals surface area contributed by atoms with Crippen LogP contribution in [-0.4, -0.2) is 37.2 Å². The zero-order chi connectivity index (χ0) is 55.0. The molecule has 0 aromatic carbocycles. The average Bonchev–Trinajstić information content (AvgIpc) is 3.42. The van der Waals surface area contributed by atoms with Crippen LogP contribution in [0.5, 0.6) is 0 Å². The van der Waals surface area contributed by atoms with Gasteiger partial charge in [0, 0.05) is 19.3 Å². The molecule has 0 aromatic heterocycles. The average molecular weight is 1070 g/mol. The van der Waals surface area contributed by atoms with E-state index >= 15 is 0 Å². The zero-order valence-corrected chi connectivity index (χ0v) is 51.6. The summed E-state index contributed by atoms with van der Waals surface area (Å²) < 4.78 is 17.0. The Kier molecular flexibility index (Phi) is 63.6. The number of carbonyl (C=O) groups is 3. The van der Waals surface area contributed by atoms with Gasteiger partial charge >= 0.3 is 17.9 Å². The summed E-state index contributed by atoms with van der Waals surface area (Å²) in [6, 6.07) is 0. The Morgan fingerprint density at radius 2 is 0.434 bits per heavy atom. The molecule has 0 aromatic rings. The van der Waals surface area contributed by atoms with Gasteiger partial charge < -0.3 is 14.2 Å². The Bertz CT molecular complexity index is 1230. The second-order valence-electron chi connectivity index (χ2n) is 23.4. The molecule has 0 bridgehead atoms. The van der Waals surface area contributed by atoms with E-state index in [1.54, 1.807) is 0 Å². The normalized spacial score (nSPS) is 12.1. The molecule has 6 heteroatoms. The van der Waals surface area contributed by atoms with Crippen LogP contribution in [0.15, 0.2) is 24.3 Å². The summed E-state index contributed by atoms with van der Waals surface area (Å²) in [5.41, 5.74) is 0. The maximum Gasteiger partial charge on any atom is 0.306 e. The van der Waals surface area contributed by atoms with Crippen molar-refractivity contribution in [2.75, 3.05) is 13.2 Å². The van der Waals surface area contributed by atoms with Gasteiger partial charge in [-0.15, -0.1) is 0 Å². The van der Waals surface area contributed by atoms with Gasteiger partial charge in [0.05, 0.1) is 0 Å². The summed E-state index contributed by atoms with van der Waals surface area (Å²) in [6.45, 7) is 6.70. The third kappa shape index (κ3) is 62.7.